The van der Waals surface area contributed by atoms with Crippen LogP contribution in [0.5, 0.6) is 0 Å². The predicted octanol–water partition coefficient (Wildman–Crippen LogP) is 2.40. The van der Waals surface area contributed by atoms with E-state index in [0.717, 1.165) is 4.47 Å². The van der Waals surface area contributed by atoms with E-state index in [9.17, 15) is 9.70 Å². The molecule has 0 N–H and O–H groups in total. The van der Waals surface area contributed by atoms with Gasteiger partial charge in [-0.1, -0.05) is 33.2 Å². The molecule has 0 aromatic heterocycles. The lowest BCUT2D eigenvalue weighted by atomic mass is 10.1. The van der Waals surface area contributed by atoms with Gasteiger partial charge in [-0.25, -0.2) is 0 Å². The Morgan fingerprint density at radius 3 is 2.42 bits per heavy atom. The molecule has 1 rings (SSSR count). The molecule has 1 aromatic rings. The molecular formula is C8H6BrNO2. The summed E-state index contributed by atoms with van der Waals surface area (Å²) >= 11 is 3.24. The molecule has 0 heterocycles. The van der Waals surface area contributed by atoms with E-state index >= 15 is 0 Å². The molecule has 0 atom stereocenters. The second-order valence-electron chi connectivity index (χ2n) is 2.22. The average Bonchev–Trinajstić information content (AvgIpc) is 2.06. The number of benzene rings is 1. The molecule has 0 amide bonds. The molecule has 0 unspecified atom stereocenters. The van der Waals surface area contributed by atoms with Gasteiger partial charge in [0.05, 0.1) is 0 Å². The first-order valence-electron chi connectivity index (χ1n) is 3.32. The van der Waals surface area contributed by atoms with Gasteiger partial charge >= 0.3 is 0 Å². The van der Waals surface area contributed by atoms with Crippen molar-refractivity contribution < 1.29 is 4.79 Å². The van der Waals surface area contributed by atoms with Gasteiger partial charge in [0.1, 0.15) is 6.54 Å². The average molecular weight is 228 g/mol. The topological polar surface area (TPSA) is 46.5 Å². The van der Waals surface area contributed by atoms with Crippen LogP contribution in [-0.2, 0) is 0 Å². The van der Waals surface area contributed by atoms with E-state index in [2.05, 4.69) is 21.1 Å². The van der Waals surface area contributed by atoms with Crippen LogP contribution in [0.15, 0.2) is 33.9 Å². The van der Waals surface area contributed by atoms with Crippen LogP contribution < -0.4 is 0 Å². The second kappa shape index (κ2) is 4.11. The number of Topliss-reactive ketones (excluding diaryl/α,β-unsaturated/α-hetero) is 1. The van der Waals surface area contributed by atoms with Gasteiger partial charge in [0.15, 0.2) is 5.78 Å². The molecular weight excluding hydrogens is 222 g/mol. The Bertz CT molecular complexity index is 294. The van der Waals surface area contributed by atoms with Crippen LogP contribution in [0.25, 0.3) is 0 Å². The van der Waals surface area contributed by atoms with Crippen LogP contribution in [0.4, 0.5) is 0 Å². The zero-order valence-electron chi connectivity index (χ0n) is 6.16. The SMILES string of the molecule is O=NCC(=O)c1ccc(Br)cc1. The highest BCUT2D eigenvalue weighted by Crippen LogP contribution is 2.10. The third kappa shape index (κ3) is 2.23. The molecule has 0 fully saturated rings. The third-order valence-corrected chi connectivity index (χ3v) is 1.90. The normalized spacial score (nSPS) is 9.42. The highest BCUT2D eigenvalue weighted by Gasteiger charge is 2.03. The number of ketones is 1. The molecule has 0 aliphatic rings. The van der Waals surface area contributed by atoms with Gasteiger partial charge in [0.25, 0.3) is 0 Å². The van der Waals surface area contributed by atoms with E-state index < -0.39 is 0 Å². The van der Waals surface area contributed by atoms with Crippen LogP contribution in [0.1, 0.15) is 10.4 Å². The van der Waals surface area contributed by atoms with Crippen molar-refractivity contribution in [1.29, 1.82) is 0 Å². The fourth-order valence-corrected chi connectivity index (χ4v) is 1.05. The first-order chi connectivity index (χ1) is 5.74. The first kappa shape index (κ1) is 9.06. The van der Waals surface area contributed by atoms with Crippen molar-refractivity contribution in [3.63, 3.8) is 0 Å². The maximum absolute atomic E-state index is 11.0. The molecule has 0 bridgehead atoms. The molecule has 1 aromatic carbocycles. The third-order valence-electron chi connectivity index (χ3n) is 1.37. The Kier molecular flexibility index (Phi) is 3.10. The number of carbonyl (C=O) groups excluding carboxylic acids is 1. The summed E-state index contributed by atoms with van der Waals surface area (Å²) in [6.07, 6.45) is 0. The van der Waals surface area contributed by atoms with Gasteiger partial charge in [-0.15, -0.1) is 0 Å². The lowest BCUT2D eigenvalue weighted by Gasteiger charge is -1.95. The predicted molar refractivity (Wildman–Crippen MR) is 49.1 cm³/mol. The van der Waals surface area contributed by atoms with Crippen molar-refractivity contribution in [2.45, 2.75) is 0 Å². The standard InChI is InChI=1S/C8H6BrNO2/c9-7-3-1-6(2-4-7)8(11)5-10-12/h1-4H,5H2. The van der Waals surface area contributed by atoms with Gasteiger partial charge in [-0.2, -0.15) is 4.91 Å². The van der Waals surface area contributed by atoms with E-state index in [1.54, 1.807) is 24.3 Å². The Labute approximate surface area is 77.9 Å². The number of nitroso groups, excluding NO2 is 1. The fourth-order valence-electron chi connectivity index (χ4n) is 0.786. The zero-order valence-corrected chi connectivity index (χ0v) is 7.74. The Morgan fingerprint density at radius 2 is 1.92 bits per heavy atom. The summed E-state index contributed by atoms with van der Waals surface area (Å²) < 4.78 is 0.901. The fraction of sp³-hybridized carbons (Fsp3) is 0.125. The number of nitrogens with zero attached hydrogens (tertiary/aromatic N) is 1. The van der Waals surface area contributed by atoms with Crippen LogP contribution in [0.3, 0.4) is 0 Å². The molecule has 4 heteroatoms. The molecule has 0 radical (unpaired) electrons. The largest absolute Gasteiger partial charge is 0.292 e. The van der Waals surface area contributed by atoms with E-state index in [4.69, 9.17) is 0 Å². The Balaban J connectivity index is 2.82. The summed E-state index contributed by atoms with van der Waals surface area (Å²) in [5, 5.41) is 2.52. The van der Waals surface area contributed by atoms with Crippen LogP contribution >= 0.6 is 15.9 Å². The lowest BCUT2D eigenvalue weighted by molar-refractivity contribution is 0.100. The molecule has 62 valence electrons. The van der Waals surface area contributed by atoms with Crippen LogP contribution in [0.2, 0.25) is 0 Å². The summed E-state index contributed by atoms with van der Waals surface area (Å²) in [7, 11) is 0. The Morgan fingerprint density at radius 1 is 1.33 bits per heavy atom. The minimum Gasteiger partial charge on any atom is -0.292 e. The first-order valence-corrected chi connectivity index (χ1v) is 4.11. The molecule has 0 spiro atoms. The maximum Gasteiger partial charge on any atom is 0.187 e. The van der Waals surface area contributed by atoms with E-state index in [1.807, 2.05) is 0 Å². The lowest BCUT2D eigenvalue weighted by Crippen LogP contribution is -2.01. The summed E-state index contributed by atoms with van der Waals surface area (Å²) in [5.74, 6) is -0.252. The summed E-state index contributed by atoms with van der Waals surface area (Å²) in [5.41, 5.74) is 0.512. The van der Waals surface area contributed by atoms with Gasteiger partial charge in [-0.3, -0.25) is 4.79 Å². The van der Waals surface area contributed by atoms with E-state index in [0.29, 0.717) is 5.56 Å². The van der Waals surface area contributed by atoms with Crippen molar-refractivity contribution in [2.75, 3.05) is 6.54 Å². The zero-order chi connectivity index (χ0) is 8.97. The molecule has 0 aliphatic carbocycles. The summed E-state index contributed by atoms with van der Waals surface area (Å²) in [4.78, 5) is 20.8. The Hall–Kier alpha value is -1.03. The number of hydrogen-bond acceptors (Lipinski definition) is 3. The number of halogens is 1. The quantitative estimate of drug-likeness (QED) is 0.589. The minimum atomic E-state index is -0.290. The van der Waals surface area contributed by atoms with Gasteiger partial charge in [-0.05, 0) is 12.1 Å². The molecule has 12 heavy (non-hydrogen) atoms. The van der Waals surface area contributed by atoms with Gasteiger partial charge in [0.2, 0.25) is 0 Å². The maximum atomic E-state index is 11.0. The van der Waals surface area contributed by atoms with Gasteiger partial charge in [0, 0.05) is 10.0 Å². The number of carbonyl (C=O) groups is 1. The highest BCUT2D eigenvalue weighted by atomic mass is 79.9. The van der Waals surface area contributed by atoms with Crippen LogP contribution in [-0.4, -0.2) is 12.3 Å². The summed E-state index contributed by atoms with van der Waals surface area (Å²) in [6, 6.07) is 6.80. The molecule has 3 nitrogen and oxygen atoms in total. The van der Waals surface area contributed by atoms with Crippen molar-refractivity contribution in [3.8, 4) is 0 Å². The van der Waals surface area contributed by atoms with Crippen molar-refractivity contribution >= 4 is 21.7 Å². The minimum absolute atomic E-state index is 0.252. The van der Waals surface area contributed by atoms with Crippen molar-refractivity contribution in [3.05, 3.63) is 39.2 Å². The number of rotatable bonds is 3. The molecule has 0 aliphatic heterocycles. The van der Waals surface area contributed by atoms with E-state index in [1.165, 1.54) is 0 Å². The molecule has 0 saturated carbocycles. The van der Waals surface area contributed by atoms with Crippen molar-refractivity contribution in [1.82, 2.24) is 0 Å². The van der Waals surface area contributed by atoms with E-state index in [-0.39, 0.29) is 12.3 Å². The highest BCUT2D eigenvalue weighted by molar-refractivity contribution is 9.10. The second-order valence-corrected chi connectivity index (χ2v) is 3.13. The van der Waals surface area contributed by atoms with Gasteiger partial charge < -0.3 is 0 Å². The monoisotopic (exact) mass is 227 g/mol. The van der Waals surface area contributed by atoms with Crippen LogP contribution in [0, 0.1) is 4.91 Å². The smallest absolute Gasteiger partial charge is 0.187 e. The molecule has 0 saturated heterocycles. The number of hydrogen-bond donors (Lipinski definition) is 0. The summed E-state index contributed by atoms with van der Waals surface area (Å²) in [6.45, 7) is -0.290. The van der Waals surface area contributed by atoms with Crippen molar-refractivity contribution in [2.24, 2.45) is 5.18 Å².